The van der Waals surface area contributed by atoms with E-state index in [0.29, 0.717) is 29.8 Å². The number of nitrogens with zero attached hydrogens (tertiary/aromatic N) is 3. The van der Waals surface area contributed by atoms with Gasteiger partial charge in [-0.2, -0.15) is 9.78 Å². The van der Waals surface area contributed by atoms with Crippen molar-refractivity contribution in [1.82, 2.24) is 9.66 Å². The van der Waals surface area contributed by atoms with Crippen molar-refractivity contribution >= 4 is 49.0 Å². The van der Waals surface area contributed by atoms with E-state index in [2.05, 4.69) is 41.9 Å². The van der Waals surface area contributed by atoms with Gasteiger partial charge in [0.15, 0.2) is 0 Å². The Bertz CT molecular complexity index is 1310. The molecule has 0 spiro atoms. The third-order valence-corrected chi connectivity index (χ3v) is 5.71. The van der Waals surface area contributed by atoms with Crippen LogP contribution in [0.2, 0.25) is 0 Å². The molecule has 1 aromatic heterocycles. The molecule has 0 aliphatic heterocycles. The summed E-state index contributed by atoms with van der Waals surface area (Å²) in [7, 11) is 0. The van der Waals surface area contributed by atoms with E-state index in [1.54, 1.807) is 12.3 Å². The highest BCUT2D eigenvalue weighted by Crippen LogP contribution is 2.18. The second kappa shape index (κ2) is 9.58. The normalized spacial score (nSPS) is 11.3. The second-order valence-corrected chi connectivity index (χ2v) is 8.72. The Morgan fingerprint density at radius 2 is 1.81 bits per heavy atom. The van der Waals surface area contributed by atoms with E-state index >= 15 is 0 Å². The highest BCUT2D eigenvalue weighted by Gasteiger charge is 2.09. The van der Waals surface area contributed by atoms with Crippen LogP contribution < -0.4 is 10.3 Å². The quantitative estimate of drug-likeness (QED) is 0.284. The predicted molar refractivity (Wildman–Crippen MR) is 131 cm³/mol. The van der Waals surface area contributed by atoms with E-state index in [1.807, 2.05) is 67.6 Å². The van der Waals surface area contributed by atoms with Crippen molar-refractivity contribution in [3.05, 3.63) is 103 Å². The molecule has 3 aromatic carbocycles. The van der Waals surface area contributed by atoms with Crippen LogP contribution in [0.15, 0.2) is 85.6 Å². The summed E-state index contributed by atoms with van der Waals surface area (Å²) < 4.78 is 9.13. The molecule has 0 radical (unpaired) electrons. The maximum atomic E-state index is 13.0. The van der Waals surface area contributed by atoms with Gasteiger partial charge in [-0.05, 0) is 53.6 Å². The number of aromatic nitrogens is 2. The molecule has 5 nitrogen and oxygen atoms in total. The fourth-order valence-corrected chi connectivity index (χ4v) is 3.72. The minimum absolute atomic E-state index is 0.193. The van der Waals surface area contributed by atoms with Crippen LogP contribution in [0.5, 0.6) is 5.75 Å². The van der Waals surface area contributed by atoms with Crippen LogP contribution in [0.4, 0.5) is 0 Å². The number of benzene rings is 3. The van der Waals surface area contributed by atoms with Gasteiger partial charge in [0.25, 0.3) is 5.56 Å². The van der Waals surface area contributed by atoms with Gasteiger partial charge in [0.05, 0.1) is 17.1 Å². The first-order chi connectivity index (χ1) is 15.0. The van der Waals surface area contributed by atoms with Crippen molar-refractivity contribution < 1.29 is 4.74 Å². The topological polar surface area (TPSA) is 56.5 Å². The minimum Gasteiger partial charge on any atom is -0.489 e. The lowest BCUT2D eigenvalue weighted by Crippen LogP contribution is -2.22. The SMILES string of the molecule is CCc1nc2ccc(Br)cc2c(=O)n1N=Cc1cccc(OCc2ccc(Br)cc2)c1. The van der Waals surface area contributed by atoms with Crippen molar-refractivity contribution in [3.63, 3.8) is 0 Å². The summed E-state index contributed by atoms with van der Waals surface area (Å²) in [6, 6.07) is 21.1. The Labute approximate surface area is 196 Å². The number of fused-ring (bicyclic) bond motifs is 1. The Morgan fingerprint density at radius 3 is 2.58 bits per heavy atom. The Kier molecular flexibility index (Phi) is 6.63. The van der Waals surface area contributed by atoms with Gasteiger partial charge in [0.2, 0.25) is 0 Å². The lowest BCUT2D eigenvalue weighted by atomic mass is 10.2. The number of rotatable bonds is 6. The smallest absolute Gasteiger partial charge is 0.282 e. The highest BCUT2D eigenvalue weighted by molar-refractivity contribution is 9.10. The van der Waals surface area contributed by atoms with Gasteiger partial charge in [-0.3, -0.25) is 4.79 Å². The highest BCUT2D eigenvalue weighted by atomic mass is 79.9. The third-order valence-electron chi connectivity index (χ3n) is 4.69. The van der Waals surface area contributed by atoms with Gasteiger partial charge in [-0.25, -0.2) is 4.98 Å². The Morgan fingerprint density at radius 1 is 1.03 bits per heavy atom. The number of hydrogen-bond donors (Lipinski definition) is 0. The predicted octanol–water partition coefficient (Wildman–Crippen LogP) is 5.95. The first kappa shape index (κ1) is 21.5. The van der Waals surface area contributed by atoms with Crippen LogP contribution in [0.3, 0.4) is 0 Å². The van der Waals surface area contributed by atoms with Crippen LogP contribution in [-0.4, -0.2) is 15.9 Å². The molecule has 156 valence electrons. The molecule has 31 heavy (non-hydrogen) atoms. The summed E-state index contributed by atoms with van der Waals surface area (Å²) in [5.41, 5.74) is 2.38. The summed E-state index contributed by atoms with van der Waals surface area (Å²) in [6.45, 7) is 2.42. The number of halogens is 2. The van der Waals surface area contributed by atoms with Crippen molar-refractivity contribution in [2.24, 2.45) is 5.10 Å². The number of ether oxygens (including phenoxy) is 1. The van der Waals surface area contributed by atoms with Crippen molar-refractivity contribution in [2.45, 2.75) is 20.0 Å². The third kappa shape index (κ3) is 5.11. The lowest BCUT2D eigenvalue weighted by Gasteiger charge is -2.08. The maximum absolute atomic E-state index is 13.0. The average molecular weight is 541 g/mol. The zero-order chi connectivity index (χ0) is 21.8. The number of aryl methyl sites for hydroxylation is 1. The molecule has 0 bridgehead atoms. The molecule has 0 aliphatic carbocycles. The molecule has 0 saturated carbocycles. The molecular formula is C24H19Br2N3O2. The molecule has 0 atom stereocenters. The fourth-order valence-electron chi connectivity index (χ4n) is 3.10. The molecule has 1 heterocycles. The van der Waals surface area contributed by atoms with E-state index in [4.69, 9.17) is 4.74 Å². The van der Waals surface area contributed by atoms with E-state index in [-0.39, 0.29) is 5.56 Å². The lowest BCUT2D eigenvalue weighted by molar-refractivity contribution is 0.306. The van der Waals surface area contributed by atoms with E-state index in [1.165, 1.54) is 4.68 Å². The second-order valence-electron chi connectivity index (χ2n) is 6.89. The molecule has 4 rings (SSSR count). The van der Waals surface area contributed by atoms with Crippen molar-refractivity contribution in [2.75, 3.05) is 0 Å². The van der Waals surface area contributed by atoms with Gasteiger partial charge in [-0.1, -0.05) is 63.0 Å². The minimum atomic E-state index is -0.193. The van der Waals surface area contributed by atoms with Gasteiger partial charge >= 0.3 is 0 Å². The summed E-state index contributed by atoms with van der Waals surface area (Å²) in [5, 5.41) is 4.96. The Hall–Kier alpha value is -2.77. The summed E-state index contributed by atoms with van der Waals surface area (Å²) >= 11 is 6.85. The first-order valence-corrected chi connectivity index (χ1v) is 11.3. The largest absolute Gasteiger partial charge is 0.489 e. The summed E-state index contributed by atoms with van der Waals surface area (Å²) in [4.78, 5) is 17.6. The summed E-state index contributed by atoms with van der Waals surface area (Å²) in [5.74, 6) is 1.34. The van der Waals surface area contributed by atoms with Crippen molar-refractivity contribution in [1.29, 1.82) is 0 Å². The fraction of sp³-hybridized carbons (Fsp3) is 0.125. The zero-order valence-corrected chi connectivity index (χ0v) is 19.9. The molecular weight excluding hydrogens is 522 g/mol. The molecule has 0 saturated heterocycles. The molecule has 7 heteroatoms. The van der Waals surface area contributed by atoms with Gasteiger partial charge in [0, 0.05) is 15.4 Å². The summed E-state index contributed by atoms with van der Waals surface area (Å²) in [6.07, 6.45) is 2.24. The Balaban J connectivity index is 1.59. The maximum Gasteiger partial charge on any atom is 0.282 e. The van der Waals surface area contributed by atoms with Gasteiger partial charge in [0.1, 0.15) is 18.2 Å². The molecule has 0 fully saturated rings. The van der Waals surface area contributed by atoms with E-state index < -0.39 is 0 Å². The molecule has 0 amide bonds. The van der Waals surface area contributed by atoms with Crippen LogP contribution in [0.1, 0.15) is 23.9 Å². The molecule has 0 N–H and O–H groups in total. The number of hydrogen-bond acceptors (Lipinski definition) is 4. The molecule has 4 aromatic rings. The first-order valence-electron chi connectivity index (χ1n) is 9.76. The molecule has 0 unspecified atom stereocenters. The van der Waals surface area contributed by atoms with Gasteiger partial charge in [-0.15, -0.1) is 0 Å². The van der Waals surface area contributed by atoms with Crippen LogP contribution >= 0.6 is 31.9 Å². The standard InChI is InChI=1S/C24H19Br2N3O2/c1-2-23-28-22-11-10-19(26)13-21(22)24(30)29(23)27-14-17-4-3-5-20(12-17)31-15-16-6-8-18(25)9-7-16/h3-14H,2,15H2,1H3. The van der Waals surface area contributed by atoms with E-state index in [9.17, 15) is 4.79 Å². The molecule has 0 aliphatic rings. The zero-order valence-electron chi connectivity index (χ0n) is 16.8. The monoisotopic (exact) mass is 539 g/mol. The van der Waals surface area contributed by atoms with Crippen LogP contribution in [0, 0.1) is 0 Å². The average Bonchev–Trinajstić information content (AvgIpc) is 2.78. The van der Waals surface area contributed by atoms with Crippen molar-refractivity contribution in [3.8, 4) is 5.75 Å². The van der Waals surface area contributed by atoms with E-state index in [0.717, 1.165) is 25.8 Å². The van der Waals surface area contributed by atoms with Gasteiger partial charge < -0.3 is 4.74 Å². The van der Waals surface area contributed by atoms with Crippen LogP contribution in [0.25, 0.3) is 10.9 Å². The van der Waals surface area contributed by atoms with Crippen LogP contribution in [-0.2, 0) is 13.0 Å².